The molecule has 0 atom stereocenters. The van der Waals surface area contributed by atoms with Crippen molar-refractivity contribution in [2.24, 2.45) is 0 Å². The minimum absolute atomic E-state index is 0. The number of nitrogens with one attached hydrogen (secondary N) is 2. The van der Waals surface area contributed by atoms with E-state index in [0.717, 1.165) is 44.8 Å². The number of carboxylic acid groups (broad SMARTS) is 1. The molecule has 8 bridgehead atoms. The largest absolute Gasteiger partial charge is 0.483 e. The molecular weight excluding hydrogens is 471 g/mol. The Morgan fingerprint density at radius 1 is 0.647 bits per heavy atom. The van der Waals surface area contributed by atoms with Crippen LogP contribution in [-0.2, 0) is 21.6 Å². The average molecular weight is 492 g/mol. The molecule has 0 aliphatic carbocycles. The van der Waals surface area contributed by atoms with Gasteiger partial charge in [-0.2, -0.15) is 36.4 Å². The Kier molecular flexibility index (Phi) is 8.73. The summed E-state index contributed by atoms with van der Waals surface area (Å²) in [4.78, 5) is 24.4. The topological polar surface area (TPSA) is 94.7 Å². The molecule has 3 N–H and O–H groups in total. The minimum Gasteiger partial charge on any atom is -0.483 e. The monoisotopic (exact) mass is 492 g/mol. The number of carbonyl (C=O) groups is 1. The molecule has 1 radical (unpaired) electrons. The molecule has 34 heavy (non-hydrogen) atoms. The number of aromatic amines is 2. The van der Waals surface area contributed by atoms with Gasteiger partial charge in [-0.15, -0.1) is 0 Å². The summed E-state index contributed by atoms with van der Waals surface area (Å²) in [6, 6.07) is 28.9. The maximum absolute atomic E-state index is 8.36. The van der Waals surface area contributed by atoms with Crippen LogP contribution in [0.1, 0.15) is 22.8 Å². The summed E-state index contributed by atoms with van der Waals surface area (Å²) in [5.41, 5.74) is 7.86. The van der Waals surface area contributed by atoms with Crippen LogP contribution in [0.5, 0.6) is 0 Å². The third kappa shape index (κ3) is 6.90. The number of aromatic nitrogens is 4. The predicted octanol–water partition coefficient (Wildman–Crippen LogP) is 5.84. The van der Waals surface area contributed by atoms with Crippen LogP contribution in [0.25, 0.3) is 46.4 Å². The molecule has 5 heterocycles. The minimum atomic E-state index is -0.250. The van der Waals surface area contributed by atoms with Crippen molar-refractivity contribution in [3.63, 3.8) is 0 Å². The third-order valence-electron chi connectivity index (χ3n) is 4.65. The van der Waals surface area contributed by atoms with Crippen molar-refractivity contribution >= 4 is 52.8 Å². The summed E-state index contributed by atoms with van der Waals surface area (Å²) >= 11 is 0. The van der Waals surface area contributed by atoms with E-state index in [4.69, 9.17) is 9.90 Å². The van der Waals surface area contributed by atoms with Gasteiger partial charge in [0.2, 0.25) is 0 Å². The van der Waals surface area contributed by atoms with Crippen LogP contribution < -0.4 is 0 Å². The maximum atomic E-state index is 8.36. The van der Waals surface area contributed by atoms with Gasteiger partial charge in [0, 0.05) is 38.8 Å². The van der Waals surface area contributed by atoms with Crippen LogP contribution in [-0.4, -0.2) is 31.5 Å². The van der Waals surface area contributed by atoms with Gasteiger partial charge in [0.1, 0.15) is 0 Å². The zero-order valence-electron chi connectivity index (χ0n) is 18.0. The van der Waals surface area contributed by atoms with Crippen molar-refractivity contribution in [3.05, 3.63) is 108 Å². The standard InChI is InChI=1S/C20H14N4.C6H5.CH2O2.Co/c1-2-14-10-16-5-6-18(23-16)12-20-8-7-19(24-20)11-17-4-3-15(22-17)9-13(1)21-14;1-2-4-6-5-3-1;2-1-3;/h1-12,21-22H;1-5H;1H,(H,2,3);/q;-1;;. The Morgan fingerprint density at radius 3 is 1.38 bits per heavy atom. The zero-order valence-corrected chi connectivity index (χ0v) is 19.0. The summed E-state index contributed by atoms with van der Waals surface area (Å²) in [6.45, 7) is -0.250. The Bertz CT molecular complexity index is 1340. The van der Waals surface area contributed by atoms with E-state index in [1.807, 2.05) is 72.8 Å². The summed E-state index contributed by atoms with van der Waals surface area (Å²) in [7, 11) is 0. The van der Waals surface area contributed by atoms with E-state index in [1.165, 1.54) is 0 Å². The Hall–Kier alpha value is -4.20. The van der Waals surface area contributed by atoms with Crippen molar-refractivity contribution in [1.82, 2.24) is 19.9 Å². The normalized spacial score (nSPS) is 10.7. The van der Waals surface area contributed by atoms with Gasteiger partial charge in [0.25, 0.3) is 6.47 Å². The molecular formula is C27H21CoN4O2-. The SMILES string of the molecule is C1=Cc2cc3ccc(cc4ccc(cc5nc(cc1n2)C=C5)[nH]4)[nH]3.O=CO.[Co].[c-]1ccccc1. The molecule has 0 amide bonds. The van der Waals surface area contributed by atoms with Crippen LogP contribution in [0.4, 0.5) is 0 Å². The first kappa shape index (κ1) is 24.4. The Balaban J connectivity index is 0.000000277. The van der Waals surface area contributed by atoms with Crippen molar-refractivity contribution in [3.8, 4) is 0 Å². The van der Waals surface area contributed by atoms with Crippen molar-refractivity contribution in [1.29, 1.82) is 0 Å². The van der Waals surface area contributed by atoms with Crippen LogP contribution in [0.2, 0.25) is 0 Å². The van der Waals surface area contributed by atoms with Gasteiger partial charge in [-0.3, -0.25) is 4.79 Å². The fraction of sp³-hybridized carbons (Fsp3) is 0. The molecule has 2 aliphatic rings. The number of nitrogens with zero attached hydrogens (tertiary/aromatic N) is 2. The first-order chi connectivity index (χ1) is 16.2. The van der Waals surface area contributed by atoms with Crippen molar-refractivity contribution < 1.29 is 26.7 Å². The quantitative estimate of drug-likeness (QED) is 0.183. The molecule has 1 aromatic carbocycles. The van der Waals surface area contributed by atoms with Crippen molar-refractivity contribution in [2.75, 3.05) is 0 Å². The van der Waals surface area contributed by atoms with E-state index in [0.29, 0.717) is 0 Å². The molecule has 6 nitrogen and oxygen atoms in total. The Labute approximate surface area is 207 Å². The Morgan fingerprint density at radius 2 is 1.03 bits per heavy atom. The molecule has 6 rings (SSSR count). The van der Waals surface area contributed by atoms with Crippen LogP contribution in [0, 0.1) is 6.07 Å². The summed E-state index contributed by atoms with van der Waals surface area (Å²) in [5.74, 6) is 0. The molecule has 0 saturated heterocycles. The third-order valence-corrected chi connectivity index (χ3v) is 4.65. The van der Waals surface area contributed by atoms with E-state index in [2.05, 4.69) is 56.3 Å². The number of fused-ring (bicyclic) bond motifs is 8. The molecule has 171 valence electrons. The second-order valence-electron chi connectivity index (χ2n) is 7.09. The number of hydrogen-bond donors (Lipinski definition) is 3. The average Bonchev–Trinajstić information content (AvgIpc) is 3.62. The molecule has 0 unspecified atom stereocenters. The summed E-state index contributed by atoms with van der Waals surface area (Å²) in [5, 5.41) is 6.89. The van der Waals surface area contributed by atoms with E-state index < -0.39 is 0 Å². The summed E-state index contributed by atoms with van der Waals surface area (Å²) in [6.07, 6.45) is 8.05. The smallest absolute Gasteiger partial charge is 0.290 e. The molecule has 0 spiro atoms. The second kappa shape index (κ2) is 12.1. The van der Waals surface area contributed by atoms with E-state index in [-0.39, 0.29) is 23.3 Å². The second-order valence-corrected chi connectivity index (χ2v) is 7.09. The molecule has 7 heteroatoms. The number of rotatable bonds is 0. The molecule has 3 aromatic heterocycles. The molecule has 2 aliphatic heterocycles. The van der Waals surface area contributed by atoms with Crippen LogP contribution >= 0.6 is 0 Å². The number of hydrogen-bond acceptors (Lipinski definition) is 3. The first-order valence-electron chi connectivity index (χ1n) is 10.3. The number of benzene rings is 1. The fourth-order valence-corrected chi connectivity index (χ4v) is 3.29. The van der Waals surface area contributed by atoms with Gasteiger partial charge in [-0.25, -0.2) is 9.97 Å². The van der Waals surface area contributed by atoms with Crippen molar-refractivity contribution in [2.45, 2.75) is 0 Å². The summed E-state index contributed by atoms with van der Waals surface area (Å²) < 4.78 is 0. The van der Waals surface area contributed by atoms with Gasteiger partial charge in [-0.05, 0) is 72.8 Å². The van der Waals surface area contributed by atoms with Gasteiger partial charge in [-0.1, -0.05) is 0 Å². The maximum Gasteiger partial charge on any atom is 0.290 e. The molecule has 4 aromatic rings. The van der Waals surface area contributed by atoms with Gasteiger partial charge in [0.15, 0.2) is 0 Å². The zero-order chi connectivity index (χ0) is 22.9. The van der Waals surface area contributed by atoms with Gasteiger partial charge < -0.3 is 15.1 Å². The van der Waals surface area contributed by atoms with Crippen LogP contribution in [0.15, 0.2) is 78.9 Å². The predicted molar refractivity (Wildman–Crippen MR) is 133 cm³/mol. The van der Waals surface area contributed by atoms with Gasteiger partial charge in [0.05, 0.1) is 22.8 Å². The molecule has 0 saturated carbocycles. The van der Waals surface area contributed by atoms with Gasteiger partial charge >= 0.3 is 0 Å². The van der Waals surface area contributed by atoms with Crippen LogP contribution in [0.3, 0.4) is 0 Å². The fourth-order valence-electron chi connectivity index (χ4n) is 3.29. The number of H-pyrrole nitrogens is 2. The van der Waals surface area contributed by atoms with E-state index in [1.54, 1.807) is 0 Å². The first-order valence-corrected chi connectivity index (χ1v) is 10.3. The van der Waals surface area contributed by atoms with E-state index in [9.17, 15) is 0 Å². The molecule has 0 fully saturated rings. The van der Waals surface area contributed by atoms with E-state index >= 15 is 0 Å².